The van der Waals surface area contributed by atoms with Crippen LogP contribution in [0.2, 0.25) is 0 Å². The third kappa shape index (κ3) is 50.0. The molecule has 0 saturated carbocycles. The van der Waals surface area contributed by atoms with Gasteiger partial charge in [0, 0.05) is 0 Å². The van der Waals surface area contributed by atoms with Crippen LogP contribution in [-0.2, 0) is 14.3 Å². The molecule has 0 aromatic heterocycles. The predicted octanol–water partition coefficient (Wildman–Crippen LogP) is 18.4. The van der Waals surface area contributed by atoms with E-state index in [1.165, 1.54) is 289 Å². The molecule has 0 radical (unpaired) electrons. The highest BCUT2D eigenvalue weighted by Crippen LogP contribution is 2.24. The molecular weight excluding hydrogens is 1060 g/mol. The first-order valence-electron chi connectivity index (χ1n) is 37.2. The maximum absolute atomic E-state index is 13.3. The maximum Gasteiger partial charge on any atom is 0.249 e. The van der Waals surface area contributed by atoms with Crippen molar-refractivity contribution in [1.82, 2.24) is 5.32 Å². The van der Waals surface area contributed by atoms with Crippen molar-refractivity contribution in [2.75, 3.05) is 13.2 Å². The Morgan fingerprint density at radius 2 is 0.718 bits per heavy atom. The number of hydrogen-bond donors (Lipinski definition) is 8. The maximum atomic E-state index is 13.3. The van der Waals surface area contributed by atoms with E-state index in [1.807, 2.05) is 0 Å². The molecule has 0 spiro atoms. The molecule has 8 N–H and O–H groups in total. The van der Waals surface area contributed by atoms with Gasteiger partial charge < -0.3 is 50.5 Å². The standard InChI is InChI=1S/C74H143NO10/c1-3-5-7-9-11-13-15-17-19-21-23-25-27-29-31-32-33-34-35-36-38-40-42-44-46-48-50-52-54-56-58-60-62-67(78)73(83)75-65(64-84-74-72(82)71(81)70(80)68(63-76)85-74)69(79)66(77)61-59-57-55-53-51-49-47-45-43-41-39-37-30-28-26-24-22-20-18-16-14-12-10-8-6-4-2/h23,25,29,31,65-72,74,76-82H,3-22,24,26-28,30,32-64H2,1-2H3,(H,75,83)/b25-23-,31-29-. The fraction of sp³-hybridized carbons (Fsp3) is 0.932. The number of carbonyl (C=O) groups excluding carboxylic acids is 1. The zero-order chi connectivity index (χ0) is 61.7. The van der Waals surface area contributed by atoms with Crippen molar-refractivity contribution in [2.24, 2.45) is 0 Å². The second kappa shape index (κ2) is 62.8. The van der Waals surface area contributed by atoms with Gasteiger partial charge in [-0.2, -0.15) is 0 Å². The molecule has 0 bridgehead atoms. The van der Waals surface area contributed by atoms with Gasteiger partial charge in [0.25, 0.3) is 0 Å². The van der Waals surface area contributed by atoms with Crippen LogP contribution < -0.4 is 5.32 Å². The van der Waals surface area contributed by atoms with E-state index in [0.717, 1.165) is 44.9 Å². The van der Waals surface area contributed by atoms with Crippen molar-refractivity contribution in [3.8, 4) is 0 Å². The number of ether oxygens (including phenoxy) is 2. The Labute approximate surface area is 524 Å². The van der Waals surface area contributed by atoms with Crippen molar-refractivity contribution in [1.29, 1.82) is 0 Å². The molecule has 504 valence electrons. The zero-order valence-electron chi connectivity index (χ0n) is 55.9. The Morgan fingerprint density at radius 1 is 0.412 bits per heavy atom. The van der Waals surface area contributed by atoms with Gasteiger partial charge >= 0.3 is 0 Å². The highest BCUT2D eigenvalue weighted by Gasteiger charge is 2.44. The molecular formula is C74H143NO10. The number of nitrogens with one attached hydrogen (secondary N) is 1. The normalized spacial score (nSPS) is 18.9. The smallest absolute Gasteiger partial charge is 0.249 e. The number of carbonyl (C=O) groups is 1. The summed E-state index contributed by atoms with van der Waals surface area (Å²) >= 11 is 0. The number of aliphatic hydroxyl groups is 7. The lowest BCUT2D eigenvalue weighted by molar-refractivity contribution is -0.303. The van der Waals surface area contributed by atoms with Gasteiger partial charge in [0.2, 0.25) is 5.91 Å². The monoisotopic (exact) mass is 1210 g/mol. The number of amides is 1. The fourth-order valence-corrected chi connectivity index (χ4v) is 12.3. The molecule has 11 nitrogen and oxygen atoms in total. The van der Waals surface area contributed by atoms with E-state index in [2.05, 4.69) is 43.5 Å². The topological polar surface area (TPSA) is 189 Å². The van der Waals surface area contributed by atoms with Crippen molar-refractivity contribution in [3.05, 3.63) is 24.3 Å². The second-order valence-corrected chi connectivity index (χ2v) is 26.4. The molecule has 0 aromatic carbocycles. The molecule has 1 fully saturated rings. The van der Waals surface area contributed by atoms with Crippen LogP contribution in [0.15, 0.2) is 24.3 Å². The first-order valence-corrected chi connectivity index (χ1v) is 37.2. The van der Waals surface area contributed by atoms with Gasteiger partial charge in [0.05, 0.1) is 25.4 Å². The highest BCUT2D eigenvalue weighted by molar-refractivity contribution is 5.80. The molecule has 9 atom stereocenters. The zero-order valence-corrected chi connectivity index (χ0v) is 55.9. The Hall–Kier alpha value is -1.41. The molecule has 1 rings (SSSR count). The summed E-state index contributed by atoms with van der Waals surface area (Å²) in [5.41, 5.74) is 0. The van der Waals surface area contributed by atoms with Gasteiger partial charge in [0.1, 0.15) is 36.6 Å². The van der Waals surface area contributed by atoms with Crippen molar-refractivity contribution in [2.45, 2.75) is 428 Å². The number of aliphatic hydroxyl groups excluding tert-OH is 7. The van der Waals surface area contributed by atoms with Gasteiger partial charge in [-0.3, -0.25) is 4.79 Å². The first kappa shape index (κ1) is 81.6. The van der Waals surface area contributed by atoms with Crippen LogP contribution in [0.25, 0.3) is 0 Å². The van der Waals surface area contributed by atoms with Crippen molar-refractivity contribution >= 4 is 5.91 Å². The molecule has 1 amide bonds. The first-order chi connectivity index (χ1) is 41.7. The Kier molecular flexibility index (Phi) is 60.3. The van der Waals surface area contributed by atoms with Crippen LogP contribution in [0.3, 0.4) is 0 Å². The molecule has 1 heterocycles. The minimum absolute atomic E-state index is 0.263. The lowest BCUT2D eigenvalue weighted by Crippen LogP contribution is -2.60. The Morgan fingerprint density at radius 3 is 1.05 bits per heavy atom. The van der Waals surface area contributed by atoms with E-state index in [-0.39, 0.29) is 6.42 Å². The Bertz CT molecular complexity index is 1430. The fourth-order valence-electron chi connectivity index (χ4n) is 12.3. The number of rotatable bonds is 66. The van der Waals surface area contributed by atoms with E-state index in [0.29, 0.717) is 19.3 Å². The van der Waals surface area contributed by atoms with E-state index in [9.17, 15) is 40.5 Å². The van der Waals surface area contributed by atoms with Gasteiger partial charge in [-0.1, -0.05) is 353 Å². The SMILES string of the molecule is CCCCCCCCCCC/C=C\C/C=C\CCCCCCCCCCCCCCCCCCC(O)C(=O)NC(COC1OC(CO)C(O)C(O)C1O)C(O)C(O)CCCCCCCCCCCCCCCCCCCCCCCCCCCC. The van der Waals surface area contributed by atoms with Gasteiger partial charge in [0.15, 0.2) is 6.29 Å². The number of unbranched alkanes of at least 4 members (excludes halogenated alkanes) is 50. The van der Waals surface area contributed by atoms with E-state index in [1.54, 1.807) is 0 Å². The molecule has 0 aromatic rings. The van der Waals surface area contributed by atoms with Gasteiger partial charge in [-0.15, -0.1) is 0 Å². The second-order valence-electron chi connectivity index (χ2n) is 26.4. The molecule has 85 heavy (non-hydrogen) atoms. The average Bonchev–Trinajstić information content (AvgIpc) is 3.51. The number of allylic oxidation sites excluding steroid dienone is 4. The highest BCUT2D eigenvalue weighted by atomic mass is 16.7. The molecule has 11 heteroatoms. The lowest BCUT2D eigenvalue weighted by atomic mass is 9.98. The quantitative estimate of drug-likeness (QED) is 0.0215. The van der Waals surface area contributed by atoms with Crippen LogP contribution in [0.4, 0.5) is 0 Å². The van der Waals surface area contributed by atoms with E-state index in [4.69, 9.17) is 9.47 Å². The number of hydrogen-bond acceptors (Lipinski definition) is 10. The minimum atomic E-state index is -1.66. The summed E-state index contributed by atoms with van der Waals surface area (Å²) in [6, 6.07) is -1.17. The van der Waals surface area contributed by atoms with Crippen molar-refractivity contribution in [3.63, 3.8) is 0 Å². The molecule has 1 aliphatic heterocycles. The lowest BCUT2D eigenvalue weighted by Gasteiger charge is -2.40. The van der Waals surface area contributed by atoms with E-state index >= 15 is 0 Å². The molecule has 0 aliphatic carbocycles. The molecule has 1 saturated heterocycles. The summed E-state index contributed by atoms with van der Waals surface area (Å²) in [7, 11) is 0. The Balaban J connectivity index is 2.16. The van der Waals surface area contributed by atoms with Crippen LogP contribution in [0, 0.1) is 0 Å². The van der Waals surface area contributed by atoms with Crippen LogP contribution in [0.5, 0.6) is 0 Å². The van der Waals surface area contributed by atoms with E-state index < -0.39 is 74.2 Å². The summed E-state index contributed by atoms with van der Waals surface area (Å²) in [5.74, 6) is -0.689. The molecule has 9 unspecified atom stereocenters. The third-order valence-corrected chi connectivity index (χ3v) is 18.3. The van der Waals surface area contributed by atoms with Gasteiger partial charge in [-0.05, 0) is 44.9 Å². The third-order valence-electron chi connectivity index (χ3n) is 18.3. The summed E-state index contributed by atoms with van der Waals surface area (Å²) in [4.78, 5) is 13.3. The van der Waals surface area contributed by atoms with Crippen molar-refractivity contribution < 1.29 is 50.0 Å². The predicted molar refractivity (Wildman–Crippen MR) is 358 cm³/mol. The average molecular weight is 1210 g/mol. The van der Waals surface area contributed by atoms with Gasteiger partial charge in [-0.25, -0.2) is 0 Å². The summed E-state index contributed by atoms with van der Waals surface area (Å²) in [5, 5.41) is 76.6. The van der Waals surface area contributed by atoms with Crippen LogP contribution >= 0.6 is 0 Å². The summed E-state index contributed by atoms with van der Waals surface area (Å²) in [6.45, 7) is 3.52. The summed E-state index contributed by atoms with van der Waals surface area (Å²) < 4.78 is 11.2. The minimum Gasteiger partial charge on any atom is -0.394 e. The largest absolute Gasteiger partial charge is 0.394 e. The summed E-state index contributed by atoms with van der Waals surface area (Å²) in [6.07, 6.45) is 68.4. The molecule has 1 aliphatic rings. The van der Waals surface area contributed by atoms with Crippen LogP contribution in [-0.4, -0.2) is 110 Å². The van der Waals surface area contributed by atoms with Crippen LogP contribution in [0.1, 0.15) is 373 Å².